The van der Waals surface area contributed by atoms with E-state index in [0.29, 0.717) is 16.3 Å². The minimum atomic E-state index is -1.19. The molecular weight excluding hydrogens is 420 g/mol. The van der Waals surface area contributed by atoms with Crippen molar-refractivity contribution in [3.05, 3.63) is 52.8 Å². The molecule has 3 rings (SSSR count). The van der Waals surface area contributed by atoms with Crippen molar-refractivity contribution in [1.82, 2.24) is 10.3 Å². The van der Waals surface area contributed by atoms with Gasteiger partial charge in [0, 0.05) is 16.8 Å². The molecule has 8 heteroatoms. The molecule has 1 fully saturated rings. The fourth-order valence-corrected chi connectivity index (χ4v) is 3.53. The van der Waals surface area contributed by atoms with E-state index < -0.39 is 24.0 Å². The molecule has 0 unspecified atom stereocenters. The lowest BCUT2D eigenvalue weighted by atomic mass is 9.94. The number of carbonyl (C=O) groups is 2. The van der Waals surface area contributed by atoms with Gasteiger partial charge in [0.15, 0.2) is 11.3 Å². The van der Waals surface area contributed by atoms with Gasteiger partial charge < -0.3 is 20.3 Å². The van der Waals surface area contributed by atoms with Crippen molar-refractivity contribution in [3.8, 4) is 23.3 Å². The van der Waals surface area contributed by atoms with Gasteiger partial charge in [-0.1, -0.05) is 30.4 Å². The smallest absolute Gasteiger partial charge is 0.322 e. The van der Waals surface area contributed by atoms with Gasteiger partial charge in [0.25, 0.3) is 5.91 Å². The number of rotatable bonds is 5. The average molecular weight is 443 g/mol. The second-order valence-electron chi connectivity index (χ2n) is 7.38. The zero-order valence-corrected chi connectivity index (χ0v) is 17.6. The van der Waals surface area contributed by atoms with E-state index in [4.69, 9.17) is 21.4 Å². The number of pyridine rings is 1. The zero-order valence-electron chi connectivity index (χ0n) is 16.9. The minimum Gasteiger partial charge on any atom is -0.505 e. The topological polar surface area (TPSA) is 109 Å². The number of halogens is 1. The molecule has 0 spiro atoms. The number of carbonyl (C=O) groups excluding carboxylic acids is 1. The van der Waals surface area contributed by atoms with E-state index >= 15 is 0 Å². The quantitative estimate of drug-likeness (QED) is 0.480. The molecule has 7 nitrogen and oxygen atoms in total. The first-order chi connectivity index (χ1) is 14.9. The predicted molar refractivity (Wildman–Crippen MR) is 115 cm³/mol. The lowest BCUT2D eigenvalue weighted by Crippen LogP contribution is -2.34. The first kappa shape index (κ1) is 22.4. The Labute approximate surface area is 185 Å². The number of aliphatic carboxylic acids is 1. The van der Waals surface area contributed by atoms with Gasteiger partial charge in [0.05, 0.1) is 0 Å². The average Bonchev–Trinajstić information content (AvgIpc) is 2.98. The van der Waals surface area contributed by atoms with E-state index in [1.54, 1.807) is 12.1 Å². The number of nitrogens with zero attached hydrogens (tertiary/aromatic N) is 1. The van der Waals surface area contributed by atoms with Gasteiger partial charge in [-0.05, 0) is 61.9 Å². The number of amides is 1. The summed E-state index contributed by atoms with van der Waals surface area (Å²) < 4.78 is 6.31. The third-order valence-corrected chi connectivity index (χ3v) is 5.21. The molecule has 1 aliphatic rings. The maximum atomic E-state index is 11.9. The third kappa shape index (κ3) is 6.37. The van der Waals surface area contributed by atoms with Gasteiger partial charge >= 0.3 is 5.97 Å². The number of nitrogens with one attached hydrogen (secondary N) is 1. The van der Waals surface area contributed by atoms with Crippen LogP contribution in [-0.2, 0) is 4.79 Å². The molecule has 0 atom stereocenters. The Morgan fingerprint density at radius 1 is 1.16 bits per heavy atom. The van der Waals surface area contributed by atoms with E-state index in [9.17, 15) is 14.7 Å². The summed E-state index contributed by atoms with van der Waals surface area (Å²) in [4.78, 5) is 26.5. The van der Waals surface area contributed by atoms with Crippen molar-refractivity contribution in [2.45, 2.75) is 44.1 Å². The van der Waals surface area contributed by atoms with Crippen molar-refractivity contribution in [3.63, 3.8) is 0 Å². The zero-order chi connectivity index (χ0) is 22.3. The second kappa shape index (κ2) is 10.2. The van der Waals surface area contributed by atoms with E-state index in [1.165, 1.54) is 12.3 Å². The van der Waals surface area contributed by atoms with E-state index in [2.05, 4.69) is 22.1 Å². The lowest BCUT2D eigenvalue weighted by Gasteiger charge is -2.28. The Hall–Kier alpha value is -3.24. The molecule has 0 saturated heterocycles. The fraction of sp³-hybridized carbons (Fsp3) is 0.348. The molecule has 1 aromatic heterocycles. The third-order valence-electron chi connectivity index (χ3n) is 4.96. The number of hydrogen-bond donors (Lipinski definition) is 3. The van der Waals surface area contributed by atoms with Crippen LogP contribution in [0.1, 0.15) is 54.6 Å². The predicted octanol–water partition coefficient (Wildman–Crippen LogP) is 3.78. The summed E-state index contributed by atoms with van der Waals surface area (Å²) in [6, 6.07) is 8.50. The Kier molecular flexibility index (Phi) is 7.37. The van der Waals surface area contributed by atoms with Gasteiger partial charge in [-0.25, -0.2) is 4.98 Å². The number of benzene rings is 1. The molecular formula is C23H23ClN2O5. The first-order valence-electron chi connectivity index (χ1n) is 10.0. The van der Waals surface area contributed by atoms with Crippen LogP contribution in [0.3, 0.4) is 0 Å². The van der Waals surface area contributed by atoms with Crippen LogP contribution >= 0.6 is 11.6 Å². The molecule has 1 aliphatic carbocycles. The highest BCUT2D eigenvalue weighted by Crippen LogP contribution is 2.32. The van der Waals surface area contributed by atoms with Crippen LogP contribution in [0.5, 0.6) is 11.5 Å². The first-order valence-corrected chi connectivity index (χ1v) is 10.4. The van der Waals surface area contributed by atoms with Crippen molar-refractivity contribution < 1.29 is 24.5 Å². The molecule has 0 radical (unpaired) electrons. The Morgan fingerprint density at radius 2 is 1.84 bits per heavy atom. The molecule has 2 aromatic rings. The molecule has 31 heavy (non-hydrogen) atoms. The maximum Gasteiger partial charge on any atom is 0.322 e. The molecule has 1 aromatic carbocycles. The highest BCUT2D eigenvalue weighted by Gasteiger charge is 2.31. The van der Waals surface area contributed by atoms with Gasteiger partial charge in [0.1, 0.15) is 18.0 Å². The summed E-state index contributed by atoms with van der Waals surface area (Å²) >= 11 is 5.97. The van der Waals surface area contributed by atoms with Crippen LogP contribution in [0.15, 0.2) is 36.5 Å². The van der Waals surface area contributed by atoms with Crippen LogP contribution in [0.2, 0.25) is 5.02 Å². The summed E-state index contributed by atoms with van der Waals surface area (Å²) in [6.45, 7) is -0.563. The van der Waals surface area contributed by atoms with Crippen molar-refractivity contribution in [2.24, 2.45) is 0 Å². The van der Waals surface area contributed by atoms with Crippen LogP contribution in [-0.4, -0.2) is 39.2 Å². The monoisotopic (exact) mass is 442 g/mol. The molecule has 1 saturated carbocycles. The Morgan fingerprint density at radius 3 is 2.45 bits per heavy atom. The lowest BCUT2D eigenvalue weighted by molar-refractivity contribution is -0.135. The van der Waals surface area contributed by atoms with Crippen LogP contribution in [0, 0.1) is 11.8 Å². The van der Waals surface area contributed by atoms with Gasteiger partial charge in [0.2, 0.25) is 0 Å². The van der Waals surface area contributed by atoms with Gasteiger partial charge in [-0.3, -0.25) is 9.59 Å². The van der Waals surface area contributed by atoms with Crippen molar-refractivity contribution in [2.75, 3.05) is 6.54 Å². The highest BCUT2D eigenvalue weighted by atomic mass is 35.5. The number of carboxylic acid groups (broad SMARTS) is 1. The van der Waals surface area contributed by atoms with Crippen LogP contribution < -0.4 is 10.1 Å². The summed E-state index contributed by atoms with van der Waals surface area (Å²) in [5, 5.41) is 21.6. The number of aromatic hydroxyl groups is 1. The molecule has 162 valence electrons. The van der Waals surface area contributed by atoms with E-state index in [0.717, 1.165) is 38.5 Å². The highest BCUT2D eigenvalue weighted by molar-refractivity contribution is 6.30. The number of aromatic nitrogens is 1. The van der Waals surface area contributed by atoms with Crippen molar-refractivity contribution in [1.29, 1.82) is 0 Å². The molecule has 0 bridgehead atoms. The standard InChI is InChI=1S/C23H23ClN2O5/c24-17-5-7-18(8-6-17)31-23(10-3-1-2-4-11-23)12-9-16-13-19(27)21(25-14-16)22(30)26-15-20(28)29/h5-8,13-14,27H,1-4,10-11,15H2,(H,26,30)(H,28,29). The fourth-order valence-electron chi connectivity index (χ4n) is 3.40. The van der Waals surface area contributed by atoms with Crippen LogP contribution in [0.25, 0.3) is 0 Å². The normalized spacial score (nSPS) is 15.1. The summed E-state index contributed by atoms with van der Waals surface area (Å²) in [5.41, 5.74) is -0.499. The molecule has 3 N–H and O–H groups in total. The molecule has 0 aliphatic heterocycles. The van der Waals surface area contributed by atoms with E-state index in [-0.39, 0.29) is 11.4 Å². The number of hydrogen-bond acceptors (Lipinski definition) is 5. The van der Waals surface area contributed by atoms with Crippen LogP contribution in [0.4, 0.5) is 0 Å². The van der Waals surface area contributed by atoms with Crippen molar-refractivity contribution >= 4 is 23.5 Å². The molecule has 1 heterocycles. The van der Waals surface area contributed by atoms with Gasteiger partial charge in [-0.15, -0.1) is 0 Å². The minimum absolute atomic E-state index is 0.256. The second-order valence-corrected chi connectivity index (χ2v) is 7.82. The van der Waals surface area contributed by atoms with E-state index in [1.807, 2.05) is 12.1 Å². The molecule has 1 amide bonds. The maximum absolute atomic E-state index is 11.9. The largest absolute Gasteiger partial charge is 0.505 e. The number of carboxylic acids is 1. The summed E-state index contributed by atoms with van der Waals surface area (Å²) in [5.74, 6) is 4.61. The summed E-state index contributed by atoms with van der Waals surface area (Å²) in [6.07, 6.45) is 7.15. The number of ether oxygens (including phenoxy) is 1. The Balaban J connectivity index is 1.82. The SMILES string of the molecule is O=C(O)CNC(=O)c1ncc(C#CC2(Oc3ccc(Cl)cc3)CCCCCC2)cc1O. The van der Waals surface area contributed by atoms with Gasteiger partial charge in [-0.2, -0.15) is 0 Å². The Bertz CT molecular complexity index is 1000. The summed E-state index contributed by atoms with van der Waals surface area (Å²) in [7, 11) is 0.